The molecular formula is C19H24N2O5. The van der Waals surface area contributed by atoms with E-state index in [1.165, 1.54) is 0 Å². The summed E-state index contributed by atoms with van der Waals surface area (Å²) in [7, 11) is 1.60. The maximum Gasteiger partial charge on any atom is 0.308 e. The summed E-state index contributed by atoms with van der Waals surface area (Å²) in [6.45, 7) is 1.67. The van der Waals surface area contributed by atoms with Crippen molar-refractivity contribution in [1.29, 1.82) is 0 Å². The Kier molecular flexibility index (Phi) is 5.44. The van der Waals surface area contributed by atoms with Crippen LogP contribution in [0.4, 0.5) is 0 Å². The predicted octanol–water partition coefficient (Wildman–Crippen LogP) is 1.37. The summed E-state index contributed by atoms with van der Waals surface area (Å²) in [5.41, 5.74) is 0.983. The fourth-order valence-corrected chi connectivity index (χ4v) is 3.68. The average Bonchev–Trinajstić information content (AvgIpc) is 3.02. The summed E-state index contributed by atoms with van der Waals surface area (Å²) >= 11 is 0. The van der Waals surface area contributed by atoms with Crippen LogP contribution >= 0.6 is 0 Å². The highest BCUT2D eigenvalue weighted by molar-refractivity contribution is 5.89. The van der Waals surface area contributed by atoms with E-state index in [0.29, 0.717) is 32.5 Å². The topological polar surface area (TPSA) is 87.2 Å². The Bertz CT molecular complexity index is 688. The molecule has 3 rings (SSSR count). The number of benzene rings is 1. The summed E-state index contributed by atoms with van der Waals surface area (Å²) < 4.78 is 5.13. The Labute approximate surface area is 152 Å². The zero-order chi connectivity index (χ0) is 18.7. The van der Waals surface area contributed by atoms with Crippen LogP contribution in [0.3, 0.4) is 0 Å². The summed E-state index contributed by atoms with van der Waals surface area (Å²) in [5.74, 6) is -1.11. The molecule has 26 heavy (non-hydrogen) atoms. The molecule has 140 valence electrons. The van der Waals surface area contributed by atoms with E-state index in [1.54, 1.807) is 16.9 Å². The molecule has 1 N–H and O–H groups in total. The number of methoxy groups -OCH3 is 1. The molecule has 0 spiro atoms. The van der Waals surface area contributed by atoms with Gasteiger partial charge in [0.1, 0.15) is 5.75 Å². The van der Waals surface area contributed by atoms with E-state index < -0.39 is 11.9 Å². The number of carboxylic acid groups (broad SMARTS) is 1. The number of likely N-dealkylation sites (tertiary alicyclic amines) is 2. The lowest BCUT2D eigenvalue weighted by Gasteiger charge is -2.32. The molecule has 2 amide bonds. The van der Waals surface area contributed by atoms with Gasteiger partial charge >= 0.3 is 5.97 Å². The molecule has 2 aliphatic heterocycles. The van der Waals surface area contributed by atoms with Gasteiger partial charge in [-0.15, -0.1) is 0 Å². The highest BCUT2D eigenvalue weighted by atomic mass is 16.5. The van der Waals surface area contributed by atoms with Crippen molar-refractivity contribution in [3.05, 3.63) is 29.8 Å². The molecule has 2 fully saturated rings. The van der Waals surface area contributed by atoms with Gasteiger partial charge in [0.2, 0.25) is 11.8 Å². The molecular weight excluding hydrogens is 336 g/mol. The largest absolute Gasteiger partial charge is 0.497 e. The smallest absolute Gasteiger partial charge is 0.308 e. The van der Waals surface area contributed by atoms with Crippen LogP contribution in [0, 0.1) is 11.8 Å². The SMILES string of the molecule is COc1ccc(CN2CC(C(=O)N3CCC[C@H](C(=O)O)C3)CC2=O)cc1. The number of rotatable bonds is 5. The zero-order valence-electron chi connectivity index (χ0n) is 14.9. The third kappa shape index (κ3) is 3.98. The van der Waals surface area contributed by atoms with Gasteiger partial charge in [-0.05, 0) is 30.5 Å². The molecule has 1 aromatic rings. The molecule has 2 saturated heterocycles. The average molecular weight is 360 g/mol. The van der Waals surface area contributed by atoms with Gasteiger partial charge in [0.05, 0.1) is 18.9 Å². The molecule has 0 saturated carbocycles. The highest BCUT2D eigenvalue weighted by Gasteiger charge is 2.38. The second-order valence-electron chi connectivity index (χ2n) is 6.99. The number of nitrogens with zero attached hydrogens (tertiary/aromatic N) is 2. The van der Waals surface area contributed by atoms with Crippen LogP contribution in [0.1, 0.15) is 24.8 Å². The first kappa shape index (κ1) is 18.2. The molecule has 2 aliphatic rings. The van der Waals surface area contributed by atoms with Crippen LogP contribution in [-0.2, 0) is 20.9 Å². The number of carbonyl (C=O) groups is 3. The van der Waals surface area contributed by atoms with Gasteiger partial charge in [-0.25, -0.2) is 0 Å². The van der Waals surface area contributed by atoms with Gasteiger partial charge in [0.15, 0.2) is 0 Å². The number of ether oxygens (including phenoxy) is 1. The number of hydrogen-bond donors (Lipinski definition) is 1. The van der Waals surface area contributed by atoms with Crippen molar-refractivity contribution in [1.82, 2.24) is 9.80 Å². The second-order valence-corrected chi connectivity index (χ2v) is 6.99. The molecule has 1 aromatic carbocycles. The standard InChI is InChI=1S/C19H24N2O5/c1-26-16-6-4-13(5-7-16)10-21-12-15(9-17(21)22)18(23)20-8-2-3-14(11-20)19(24)25/h4-7,14-15H,2-3,8-12H2,1H3,(H,24,25)/t14-,15?/m0/s1. The molecule has 7 nitrogen and oxygen atoms in total. The molecule has 0 radical (unpaired) electrons. The molecule has 1 unspecified atom stereocenters. The van der Waals surface area contributed by atoms with Gasteiger partial charge in [0.25, 0.3) is 0 Å². The van der Waals surface area contributed by atoms with E-state index in [0.717, 1.165) is 11.3 Å². The van der Waals surface area contributed by atoms with Crippen LogP contribution in [0.15, 0.2) is 24.3 Å². The maximum atomic E-state index is 12.7. The lowest BCUT2D eigenvalue weighted by atomic mass is 9.96. The minimum atomic E-state index is -0.855. The van der Waals surface area contributed by atoms with Gasteiger partial charge < -0.3 is 19.6 Å². The number of aliphatic carboxylic acids is 1. The van der Waals surface area contributed by atoms with Crippen LogP contribution < -0.4 is 4.74 Å². The van der Waals surface area contributed by atoms with Gasteiger partial charge in [0, 0.05) is 32.6 Å². The van der Waals surface area contributed by atoms with Crippen LogP contribution in [-0.4, -0.2) is 59.4 Å². The number of piperidine rings is 1. The van der Waals surface area contributed by atoms with Gasteiger partial charge in [-0.1, -0.05) is 12.1 Å². The third-order valence-electron chi connectivity index (χ3n) is 5.18. The number of carbonyl (C=O) groups excluding carboxylic acids is 2. The number of hydrogen-bond acceptors (Lipinski definition) is 4. The van der Waals surface area contributed by atoms with E-state index in [2.05, 4.69) is 0 Å². The summed E-state index contributed by atoms with van der Waals surface area (Å²) in [4.78, 5) is 39.5. The number of amides is 2. The van der Waals surface area contributed by atoms with E-state index in [-0.39, 0.29) is 30.7 Å². The summed E-state index contributed by atoms with van der Waals surface area (Å²) in [5, 5.41) is 9.18. The van der Waals surface area contributed by atoms with Crippen LogP contribution in [0.25, 0.3) is 0 Å². The first-order valence-electron chi connectivity index (χ1n) is 8.90. The predicted molar refractivity (Wildman–Crippen MR) is 93.5 cm³/mol. The molecule has 0 bridgehead atoms. The Morgan fingerprint density at radius 2 is 1.92 bits per heavy atom. The Hall–Kier alpha value is -2.57. The Balaban J connectivity index is 1.59. The van der Waals surface area contributed by atoms with Crippen molar-refractivity contribution >= 4 is 17.8 Å². The minimum Gasteiger partial charge on any atom is -0.497 e. The van der Waals surface area contributed by atoms with Crippen molar-refractivity contribution in [2.45, 2.75) is 25.8 Å². The molecule has 2 heterocycles. The van der Waals surface area contributed by atoms with E-state index >= 15 is 0 Å². The Morgan fingerprint density at radius 3 is 2.58 bits per heavy atom. The van der Waals surface area contributed by atoms with Crippen molar-refractivity contribution in [3.8, 4) is 5.75 Å². The molecule has 0 aliphatic carbocycles. The quantitative estimate of drug-likeness (QED) is 0.857. The van der Waals surface area contributed by atoms with Crippen molar-refractivity contribution in [2.24, 2.45) is 11.8 Å². The van der Waals surface area contributed by atoms with Gasteiger partial charge in [-0.3, -0.25) is 14.4 Å². The third-order valence-corrected chi connectivity index (χ3v) is 5.18. The fraction of sp³-hybridized carbons (Fsp3) is 0.526. The molecule has 0 aromatic heterocycles. The van der Waals surface area contributed by atoms with Gasteiger partial charge in [-0.2, -0.15) is 0 Å². The summed E-state index contributed by atoms with van der Waals surface area (Å²) in [6.07, 6.45) is 1.49. The van der Waals surface area contributed by atoms with E-state index in [9.17, 15) is 19.5 Å². The first-order valence-corrected chi connectivity index (χ1v) is 8.90. The monoisotopic (exact) mass is 360 g/mol. The van der Waals surface area contributed by atoms with Crippen molar-refractivity contribution in [3.63, 3.8) is 0 Å². The number of carboxylic acids is 1. The first-order chi connectivity index (χ1) is 12.5. The lowest BCUT2D eigenvalue weighted by molar-refractivity contribution is -0.146. The molecule has 7 heteroatoms. The second kappa shape index (κ2) is 7.76. The lowest BCUT2D eigenvalue weighted by Crippen LogP contribution is -2.45. The zero-order valence-corrected chi connectivity index (χ0v) is 14.9. The van der Waals surface area contributed by atoms with Crippen LogP contribution in [0.2, 0.25) is 0 Å². The Morgan fingerprint density at radius 1 is 1.19 bits per heavy atom. The van der Waals surface area contributed by atoms with Crippen molar-refractivity contribution < 1.29 is 24.2 Å². The van der Waals surface area contributed by atoms with Crippen molar-refractivity contribution in [2.75, 3.05) is 26.7 Å². The maximum absolute atomic E-state index is 12.7. The van der Waals surface area contributed by atoms with E-state index in [1.807, 2.05) is 24.3 Å². The minimum absolute atomic E-state index is 0.0361. The van der Waals surface area contributed by atoms with E-state index in [4.69, 9.17) is 4.74 Å². The highest BCUT2D eigenvalue weighted by Crippen LogP contribution is 2.25. The van der Waals surface area contributed by atoms with Crippen LogP contribution in [0.5, 0.6) is 5.75 Å². The summed E-state index contributed by atoms with van der Waals surface area (Å²) in [6, 6.07) is 7.50. The molecule has 2 atom stereocenters. The fourth-order valence-electron chi connectivity index (χ4n) is 3.68. The normalized spacial score (nSPS) is 23.2.